The smallest absolute Gasteiger partial charge is 0.292 e. The fraction of sp³-hybridized carbons (Fsp3) is 0.138. The number of nitrogen functional groups attached to an aromatic ring is 1. The molecule has 7 rings (SSSR count). The van der Waals surface area contributed by atoms with E-state index in [1.165, 1.54) is 6.34 Å². The molecule has 10 nitrogen and oxygen atoms in total. The molecule has 39 heavy (non-hydrogen) atoms. The van der Waals surface area contributed by atoms with Gasteiger partial charge in [-0.3, -0.25) is 14.4 Å². The van der Waals surface area contributed by atoms with Crippen LogP contribution in [0.2, 0.25) is 0 Å². The Morgan fingerprint density at radius 1 is 1.00 bits per heavy atom. The van der Waals surface area contributed by atoms with Crippen molar-refractivity contribution in [2.75, 3.05) is 5.73 Å². The predicted molar refractivity (Wildman–Crippen MR) is 152 cm³/mol. The highest BCUT2D eigenvalue weighted by Crippen LogP contribution is 2.32. The van der Waals surface area contributed by atoms with Gasteiger partial charge in [0, 0.05) is 16.9 Å². The third-order valence-corrected chi connectivity index (χ3v) is 7.25. The molecule has 0 amide bonds. The summed E-state index contributed by atoms with van der Waals surface area (Å²) in [5, 5.41) is 8.44. The molecule has 0 aliphatic carbocycles. The number of aromatic nitrogens is 2. The van der Waals surface area contributed by atoms with Gasteiger partial charge >= 0.3 is 0 Å². The van der Waals surface area contributed by atoms with Crippen LogP contribution in [0, 0.1) is 12.8 Å². The number of benzene rings is 3. The molecular formula is C29H24N8O2. The van der Waals surface area contributed by atoms with Crippen molar-refractivity contribution < 1.29 is 4.42 Å². The minimum Gasteiger partial charge on any atom is -0.424 e. The summed E-state index contributed by atoms with van der Waals surface area (Å²) in [5.41, 5.74) is 17.3. The second-order valence-corrected chi connectivity index (χ2v) is 9.68. The van der Waals surface area contributed by atoms with Gasteiger partial charge in [-0.05, 0) is 54.3 Å². The van der Waals surface area contributed by atoms with Gasteiger partial charge in [-0.1, -0.05) is 36.4 Å². The zero-order chi connectivity index (χ0) is 26.7. The number of anilines is 1. The number of para-hydroxylation sites is 1. The first-order valence-corrected chi connectivity index (χ1v) is 12.5. The van der Waals surface area contributed by atoms with Gasteiger partial charge in [0.1, 0.15) is 23.6 Å². The maximum absolute atomic E-state index is 13.9. The summed E-state index contributed by atoms with van der Waals surface area (Å²) in [4.78, 5) is 27.1. The van der Waals surface area contributed by atoms with Crippen LogP contribution in [0.25, 0.3) is 27.6 Å². The fourth-order valence-electron chi connectivity index (χ4n) is 5.48. The maximum Gasteiger partial charge on any atom is 0.292 e. The van der Waals surface area contributed by atoms with E-state index in [1.807, 2.05) is 84.7 Å². The van der Waals surface area contributed by atoms with Crippen LogP contribution in [-0.4, -0.2) is 38.6 Å². The first-order valence-electron chi connectivity index (χ1n) is 12.5. The van der Waals surface area contributed by atoms with Gasteiger partial charge in [-0.25, -0.2) is 9.98 Å². The van der Waals surface area contributed by atoms with Crippen LogP contribution in [0.1, 0.15) is 16.8 Å². The van der Waals surface area contributed by atoms with Crippen molar-refractivity contribution in [2.24, 2.45) is 26.7 Å². The zero-order valence-corrected chi connectivity index (χ0v) is 21.0. The van der Waals surface area contributed by atoms with E-state index in [-0.39, 0.29) is 17.5 Å². The van der Waals surface area contributed by atoms with E-state index in [1.54, 1.807) is 4.57 Å². The van der Waals surface area contributed by atoms with Crippen LogP contribution in [0.15, 0.2) is 97.1 Å². The number of nitrogens with two attached hydrogens (primary N) is 2. The number of aryl methyl sites for hydroxylation is 1. The van der Waals surface area contributed by atoms with Gasteiger partial charge in [0.25, 0.3) is 11.6 Å². The minimum atomic E-state index is -0.414. The largest absolute Gasteiger partial charge is 0.424 e. The summed E-state index contributed by atoms with van der Waals surface area (Å²) in [6.07, 6.45) is 1.06. The lowest BCUT2D eigenvalue weighted by Crippen LogP contribution is -2.42. The molecule has 0 saturated carbocycles. The highest BCUT2D eigenvalue weighted by molar-refractivity contribution is 6.17. The number of fused-ring (bicyclic) bond motifs is 3. The molecule has 5 aromatic rings. The average Bonchev–Trinajstić information content (AvgIpc) is 3.49. The summed E-state index contributed by atoms with van der Waals surface area (Å²) in [6, 6.07) is 23.3. The standard InChI is InChI=1S/C29H24N8O2/c1-16-6-5-7-17-12-20(37(28(38)23(16)17)19-8-3-2-4-9-19)14-36-27-24(26(30)32-15-33-27)25(35-36)18-10-11-22-21(13-18)34-29(31)39-22/h2-13,15,24,27H,14H2,1H3,(H2,31,34)(H2,30,32,33). The highest BCUT2D eigenvalue weighted by atomic mass is 16.4. The fourth-order valence-corrected chi connectivity index (χ4v) is 5.48. The third kappa shape index (κ3) is 3.68. The summed E-state index contributed by atoms with van der Waals surface area (Å²) in [5.74, 6) is 0.0573. The Hall–Kier alpha value is -5.25. The summed E-state index contributed by atoms with van der Waals surface area (Å²) in [6.45, 7) is 2.28. The Balaban J connectivity index is 1.38. The third-order valence-electron chi connectivity index (χ3n) is 7.25. The highest BCUT2D eigenvalue weighted by Gasteiger charge is 2.42. The van der Waals surface area contributed by atoms with Gasteiger partial charge in [0.05, 0.1) is 17.6 Å². The van der Waals surface area contributed by atoms with Crippen molar-refractivity contribution in [3.05, 3.63) is 100.0 Å². The molecule has 4 heterocycles. The van der Waals surface area contributed by atoms with E-state index in [2.05, 4.69) is 15.0 Å². The Morgan fingerprint density at radius 3 is 2.69 bits per heavy atom. The molecule has 192 valence electrons. The molecule has 2 unspecified atom stereocenters. The number of oxazole rings is 1. The van der Waals surface area contributed by atoms with Gasteiger partial charge < -0.3 is 15.9 Å². The second kappa shape index (κ2) is 8.66. The average molecular weight is 517 g/mol. The second-order valence-electron chi connectivity index (χ2n) is 9.68. The molecule has 2 atom stereocenters. The Morgan fingerprint density at radius 2 is 1.85 bits per heavy atom. The van der Waals surface area contributed by atoms with E-state index in [4.69, 9.17) is 21.0 Å². The molecule has 0 fully saturated rings. The first-order chi connectivity index (χ1) is 19.0. The monoisotopic (exact) mass is 516 g/mol. The number of hydrogen-bond acceptors (Lipinski definition) is 9. The normalized spacial score (nSPS) is 18.4. The van der Waals surface area contributed by atoms with Crippen LogP contribution in [-0.2, 0) is 6.54 Å². The molecule has 0 saturated heterocycles. The van der Waals surface area contributed by atoms with Crippen LogP contribution in [0.4, 0.5) is 6.01 Å². The molecule has 10 heteroatoms. The molecule has 2 aliphatic rings. The molecule has 0 radical (unpaired) electrons. The van der Waals surface area contributed by atoms with Crippen LogP contribution < -0.4 is 17.0 Å². The lowest BCUT2D eigenvalue weighted by molar-refractivity contribution is 0.210. The predicted octanol–water partition coefficient (Wildman–Crippen LogP) is 3.58. The van der Waals surface area contributed by atoms with Crippen molar-refractivity contribution >= 4 is 45.8 Å². The summed E-state index contributed by atoms with van der Waals surface area (Å²) in [7, 11) is 0. The zero-order valence-electron chi connectivity index (χ0n) is 21.0. The molecule has 3 aromatic carbocycles. The Kier molecular flexibility index (Phi) is 5.09. The maximum atomic E-state index is 13.9. The Bertz CT molecular complexity index is 1920. The van der Waals surface area contributed by atoms with Gasteiger partial charge in [0.2, 0.25) is 0 Å². The number of amidine groups is 1. The van der Waals surface area contributed by atoms with E-state index < -0.39 is 6.17 Å². The minimum absolute atomic E-state index is 0.0750. The Labute approximate surface area is 222 Å². The molecule has 2 aliphatic heterocycles. The van der Waals surface area contributed by atoms with Crippen molar-refractivity contribution in [2.45, 2.75) is 19.6 Å². The summed E-state index contributed by atoms with van der Waals surface area (Å²) < 4.78 is 7.19. The molecule has 2 aromatic heterocycles. The number of aliphatic imine (C=N–C) groups is 2. The molecule has 0 bridgehead atoms. The number of nitrogens with zero attached hydrogens (tertiary/aromatic N) is 6. The van der Waals surface area contributed by atoms with Crippen molar-refractivity contribution in [3.63, 3.8) is 0 Å². The number of rotatable bonds is 4. The molecular weight excluding hydrogens is 492 g/mol. The number of hydrogen-bond donors (Lipinski definition) is 2. The molecule has 4 N–H and O–H groups in total. The number of pyridine rings is 1. The van der Waals surface area contributed by atoms with Crippen LogP contribution >= 0.6 is 0 Å². The molecule has 0 spiro atoms. The topological polar surface area (TPSA) is 140 Å². The lowest BCUT2D eigenvalue weighted by atomic mass is 9.93. The van der Waals surface area contributed by atoms with Gasteiger partial charge in [0.15, 0.2) is 11.7 Å². The van der Waals surface area contributed by atoms with Crippen molar-refractivity contribution in [1.29, 1.82) is 0 Å². The van der Waals surface area contributed by atoms with Gasteiger partial charge in [-0.15, -0.1) is 0 Å². The van der Waals surface area contributed by atoms with Gasteiger partial charge in [-0.2, -0.15) is 10.1 Å². The quantitative estimate of drug-likeness (QED) is 0.374. The van der Waals surface area contributed by atoms with E-state index in [0.29, 0.717) is 34.6 Å². The number of hydrazone groups is 1. The van der Waals surface area contributed by atoms with E-state index in [9.17, 15) is 4.79 Å². The lowest BCUT2D eigenvalue weighted by Gasteiger charge is -2.27. The van der Waals surface area contributed by atoms with E-state index >= 15 is 0 Å². The van der Waals surface area contributed by atoms with Crippen LogP contribution in [0.5, 0.6) is 0 Å². The summed E-state index contributed by atoms with van der Waals surface area (Å²) >= 11 is 0. The first kappa shape index (κ1) is 22.9. The van der Waals surface area contributed by atoms with Crippen molar-refractivity contribution in [3.8, 4) is 5.69 Å². The van der Waals surface area contributed by atoms with E-state index in [0.717, 1.165) is 27.9 Å². The SMILES string of the molecule is Cc1cccc2cc(CN3N=C(c4ccc5oc(N)nc5c4)C4C(N)=NC=NC43)n(-c3ccccc3)c(=O)c12. The van der Waals surface area contributed by atoms with Crippen molar-refractivity contribution in [1.82, 2.24) is 14.6 Å². The van der Waals surface area contributed by atoms with Crippen LogP contribution in [0.3, 0.4) is 0 Å².